The maximum atomic E-state index is 13.1. The maximum Gasteiger partial charge on any atom is 0.332 e. The van der Waals surface area contributed by atoms with Crippen LogP contribution in [0.5, 0.6) is 5.75 Å². The molecule has 0 fully saturated rings. The summed E-state index contributed by atoms with van der Waals surface area (Å²) in [5.74, 6) is -0.931. The van der Waals surface area contributed by atoms with Gasteiger partial charge in [-0.1, -0.05) is 41.9 Å². The first kappa shape index (κ1) is 17.2. The summed E-state index contributed by atoms with van der Waals surface area (Å²) < 4.78 is 35.1. The molecule has 0 spiro atoms. The van der Waals surface area contributed by atoms with E-state index in [4.69, 9.17) is 11.6 Å². The summed E-state index contributed by atoms with van der Waals surface area (Å²) in [4.78, 5) is 11.8. The molecule has 0 aliphatic carbocycles. The highest BCUT2D eigenvalue weighted by Gasteiger charge is 2.18. The zero-order chi connectivity index (χ0) is 18.2. The van der Waals surface area contributed by atoms with Gasteiger partial charge in [-0.25, -0.2) is 0 Å². The minimum Gasteiger partial charge on any atom is -0.506 e. The number of hydrogen-bond donors (Lipinski definition) is 2. The van der Waals surface area contributed by atoms with Crippen molar-refractivity contribution >= 4 is 44.2 Å². The van der Waals surface area contributed by atoms with Crippen LogP contribution in [0.3, 0.4) is 0 Å². The Morgan fingerprint density at radius 2 is 1.80 bits per heavy atom. The van der Waals surface area contributed by atoms with E-state index < -0.39 is 21.0 Å². The van der Waals surface area contributed by atoms with Gasteiger partial charge in [0.15, 0.2) is 0 Å². The van der Waals surface area contributed by atoms with Crippen LogP contribution in [0.4, 0.5) is 9.57 Å². The number of fused-ring (bicyclic) bond motifs is 1. The molecule has 0 radical (unpaired) electrons. The zero-order valence-electron chi connectivity index (χ0n) is 12.5. The molecule has 2 N–H and O–H groups in total. The quantitative estimate of drug-likeness (QED) is 0.671. The van der Waals surface area contributed by atoms with Crippen molar-refractivity contribution in [3.05, 3.63) is 65.2 Å². The first-order valence-corrected chi connectivity index (χ1v) is 8.80. The number of phenolic OH excluding ortho intramolecular Hbond substituents is 1. The van der Waals surface area contributed by atoms with Gasteiger partial charge in [0.2, 0.25) is 0 Å². The number of carbonyl (C=O) groups excluding carboxylic acids is 1. The molecule has 0 aliphatic heterocycles. The van der Waals surface area contributed by atoms with Crippen LogP contribution in [-0.4, -0.2) is 19.4 Å². The van der Waals surface area contributed by atoms with Gasteiger partial charge in [0.1, 0.15) is 10.6 Å². The van der Waals surface area contributed by atoms with Gasteiger partial charge in [-0.2, -0.15) is 8.42 Å². The van der Waals surface area contributed by atoms with Gasteiger partial charge < -0.3 is 10.4 Å². The molecule has 128 valence electrons. The molecule has 0 atom stereocenters. The van der Waals surface area contributed by atoms with Crippen LogP contribution in [0.1, 0.15) is 10.4 Å². The fraction of sp³-hybridized carbons (Fsp3) is 0. The summed E-state index contributed by atoms with van der Waals surface area (Å²) in [6.07, 6.45) is 0. The predicted octanol–water partition coefficient (Wildman–Crippen LogP) is 4.11. The van der Waals surface area contributed by atoms with Crippen molar-refractivity contribution < 1.29 is 22.2 Å². The molecule has 0 saturated carbocycles. The van der Waals surface area contributed by atoms with Crippen LogP contribution in [-0.2, 0) is 10.2 Å². The maximum absolute atomic E-state index is 13.1. The summed E-state index contributed by atoms with van der Waals surface area (Å²) >= 11 is 5.92. The molecule has 0 unspecified atom stereocenters. The second-order valence-corrected chi connectivity index (χ2v) is 6.97. The summed E-state index contributed by atoms with van der Waals surface area (Å²) in [7, 11) is -4.94. The molecule has 0 saturated heterocycles. The number of nitrogens with one attached hydrogen (secondary N) is 1. The number of hydrogen-bond acceptors (Lipinski definition) is 4. The lowest BCUT2D eigenvalue weighted by molar-refractivity contribution is 0.102. The molecular weight excluding hydrogens is 369 g/mol. The molecule has 1 amide bonds. The molecule has 0 bridgehead atoms. The molecule has 0 aromatic heterocycles. The van der Waals surface area contributed by atoms with Crippen LogP contribution in [0.15, 0.2) is 59.5 Å². The Bertz CT molecular complexity index is 1100. The van der Waals surface area contributed by atoms with Crippen LogP contribution >= 0.6 is 11.6 Å². The fourth-order valence-electron chi connectivity index (χ4n) is 2.38. The van der Waals surface area contributed by atoms with Crippen molar-refractivity contribution in [1.82, 2.24) is 0 Å². The van der Waals surface area contributed by atoms with E-state index in [1.807, 2.05) is 0 Å². The van der Waals surface area contributed by atoms with Crippen LogP contribution in [0, 0.1) is 0 Å². The average Bonchev–Trinajstić information content (AvgIpc) is 2.56. The van der Waals surface area contributed by atoms with E-state index in [0.29, 0.717) is 5.39 Å². The largest absolute Gasteiger partial charge is 0.506 e. The lowest BCUT2D eigenvalue weighted by atomic mass is 10.0. The number of amides is 1. The molecule has 0 aliphatic rings. The highest BCUT2D eigenvalue weighted by atomic mass is 35.5. The number of phenols is 1. The molecule has 3 rings (SSSR count). The second-order valence-electron chi connectivity index (χ2n) is 5.22. The van der Waals surface area contributed by atoms with E-state index in [0.717, 1.165) is 23.6 Å². The van der Waals surface area contributed by atoms with E-state index >= 15 is 0 Å². The van der Waals surface area contributed by atoms with Crippen LogP contribution < -0.4 is 5.32 Å². The molecule has 0 heterocycles. The molecule has 3 aromatic carbocycles. The van der Waals surface area contributed by atoms with Crippen LogP contribution in [0.25, 0.3) is 10.8 Å². The monoisotopic (exact) mass is 379 g/mol. The normalized spacial score (nSPS) is 11.4. The standard InChI is InChI=1S/C17H11ClFNO4S/c18-14-8-6-11(25(19,23)24)9-15(14)20-17(22)13-7-5-10-3-1-2-4-12(10)16(13)21/h1-9,21H,(H,20,22). The van der Waals surface area contributed by atoms with Crippen molar-refractivity contribution in [2.45, 2.75) is 4.90 Å². The average molecular weight is 380 g/mol. The Balaban J connectivity index is 2.00. The first-order valence-electron chi connectivity index (χ1n) is 7.03. The second kappa shape index (κ2) is 6.34. The van der Waals surface area contributed by atoms with Gasteiger partial charge in [0.25, 0.3) is 5.91 Å². The highest BCUT2D eigenvalue weighted by molar-refractivity contribution is 7.86. The highest BCUT2D eigenvalue weighted by Crippen LogP contribution is 2.31. The van der Waals surface area contributed by atoms with Gasteiger partial charge in [-0.05, 0) is 29.7 Å². The summed E-state index contributed by atoms with van der Waals surface area (Å²) in [6.45, 7) is 0. The van der Waals surface area contributed by atoms with Gasteiger partial charge in [-0.3, -0.25) is 4.79 Å². The van der Waals surface area contributed by atoms with E-state index in [-0.39, 0.29) is 22.0 Å². The molecule has 8 heteroatoms. The van der Waals surface area contributed by atoms with Crippen LogP contribution in [0.2, 0.25) is 5.02 Å². The van der Waals surface area contributed by atoms with E-state index in [9.17, 15) is 22.2 Å². The Morgan fingerprint density at radius 3 is 2.52 bits per heavy atom. The lowest BCUT2D eigenvalue weighted by Crippen LogP contribution is -2.13. The molecular formula is C17H11ClFNO4S. The number of rotatable bonds is 3. The zero-order valence-corrected chi connectivity index (χ0v) is 14.1. The van der Waals surface area contributed by atoms with Crippen molar-refractivity contribution in [3.63, 3.8) is 0 Å². The van der Waals surface area contributed by atoms with Crippen molar-refractivity contribution in [2.75, 3.05) is 5.32 Å². The van der Waals surface area contributed by atoms with E-state index in [2.05, 4.69) is 5.32 Å². The summed E-state index contributed by atoms with van der Waals surface area (Å²) in [5.41, 5.74) is -0.110. The number of anilines is 1. The molecule has 5 nitrogen and oxygen atoms in total. The van der Waals surface area contributed by atoms with E-state index in [1.54, 1.807) is 30.3 Å². The van der Waals surface area contributed by atoms with Gasteiger partial charge in [0, 0.05) is 5.39 Å². The third-order valence-electron chi connectivity index (χ3n) is 3.61. The Kier molecular flexibility index (Phi) is 4.36. The minimum absolute atomic E-state index is 0.0247. The predicted molar refractivity (Wildman–Crippen MR) is 93.3 cm³/mol. The number of halogens is 2. The van der Waals surface area contributed by atoms with Crippen molar-refractivity contribution in [3.8, 4) is 5.75 Å². The SMILES string of the molecule is O=C(Nc1cc(S(=O)(=O)F)ccc1Cl)c1ccc2ccccc2c1O. The molecule has 25 heavy (non-hydrogen) atoms. The van der Waals surface area contributed by atoms with Gasteiger partial charge in [-0.15, -0.1) is 3.89 Å². The first-order chi connectivity index (χ1) is 11.8. The number of carbonyl (C=O) groups is 1. The third-order valence-corrected chi connectivity index (χ3v) is 4.76. The summed E-state index contributed by atoms with van der Waals surface area (Å²) in [6, 6.07) is 13.1. The van der Waals surface area contributed by atoms with Gasteiger partial charge in [0.05, 0.1) is 16.3 Å². The summed E-state index contributed by atoms with van der Waals surface area (Å²) in [5, 5.41) is 14.0. The Hall–Kier alpha value is -2.64. The number of aromatic hydroxyl groups is 1. The Morgan fingerprint density at radius 1 is 1.08 bits per heavy atom. The third kappa shape index (κ3) is 3.42. The van der Waals surface area contributed by atoms with Crippen molar-refractivity contribution in [1.29, 1.82) is 0 Å². The topological polar surface area (TPSA) is 83.5 Å². The lowest BCUT2D eigenvalue weighted by Gasteiger charge is -2.11. The van der Waals surface area contributed by atoms with Gasteiger partial charge >= 0.3 is 10.2 Å². The molecule has 3 aromatic rings. The fourth-order valence-corrected chi connectivity index (χ4v) is 3.03. The van der Waals surface area contributed by atoms with E-state index in [1.165, 1.54) is 6.07 Å². The smallest absolute Gasteiger partial charge is 0.332 e. The minimum atomic E-state index is -4.94. The number of benzene rings is 3. The van der Waals surface area contributed by atoms with Crippen molar-refractivity contribution in [2.24, 2.45) is 0 Å². The Labute approximate surface area is 147 Å².